The van der Waals surface area contributed by atoms with Crippen molar-refractivity contribution >= 4 is 68.0 Å². The molecule has 0 atom stereocenters. The van der Waals surface area contributed by atoms with E-state index in [1.54, 1.807) is 33.9 Å². The fourth-order valence-corrected chi connectivity index (χ4v) is 3.81. The molecule has 0 amide bonds. The summed E-state index contributed by atoms with van der Waals surface area (Å²) in [6, 6.07) is 14.8. The van der Waals surface area contributed by atoms with Crippen LogP contribution in [-0.2, 0) is 13.3 Å². The van der Waals surface area contributed by atoms with Crippen molar-refractivity contribution in [3.63, 3.8) is 0 Å². The van der Waals surface area contributed by atoms with Crippen LogP contribution in [0.3, 0.4) is 0 Å². The lowest BCUT2D eigenvalue weighted by Gasteiger charge is -2.08. The highest BCUT2D eigenvalue weighted by molar-refractivity contribution is 9.10. The van der Waals surface area contributed by atoms with E-state index in [9.17, 15) is 0 Å². The lowest BCUT2D eigenvalue weighted by molar-refractivity contribution is 0.221. The molecule has 0 unspecified atom stereocenters. The Hall–Kier alpha value is -2.59. The largest absolute Gasteiger partial charge is 0.471 e. The molecule has 2 heterocycles. The Morgan fingerprint density at radius 2 is 1.78 bits per heavy atom. The molecule has 0 spiro atoms. The fraction of sp³-hybridized carbons (Fsp3) is 0.0952. The SMILES string of the molecule is S=C(Nc1cnn(COc2ccc(Br)cc2)c1)Nc1ccn(Cc2c(Cl)cccc2Cl)n1. The number of hydrogen-bond donors (Lipinski definition) is 2. The zero-order chi connectivity index (χ0) is 22.5. The molecule has 2 aromatic heterocycles. The van der Waals surface area contributed by atoms with E-state index >= 15 is 0 Å². The van der Waals surface area contributed by atoms with E-state index in [0.29, 0.717) is 27.5 Å². The van der Waals surface area contributed by atoms with Crippen LogP contribution in [0.15, 0.2) is 71.6 Å². The Labute approximate surface area is 208 Å². The molecule has 0 radical (unpaired) electrons. The molecule has 0 aliphatic rings. The maximum Gasteiger partial charge on any atom is 0.180 e. The van der Waals surface area contributed by atoms with E-state index < -0.39 is 0 Å². The van der Waals surface area contributed by atoms with Gasteiger partial charge < -0.3 is 15.4 Å². The van der Waals surface area contributed by atoms with Crippen molar-refractivity contribution in [1.29, 1.82) is 0 Å². The molecule has 7 nitrogen and oxygen atoms in total. The van der Waals surface area contributed by atoms with E-state index in [1.807, 2.05) is 42.6 Å². The number of benzene rings is 2. The summed E-state index contributed by atoms with van der Waals surface area (Å²) in [5.74, 6) is 1.35. The van der Waals surface area contributed by atoms with Gasteiger partial charge in [-0.05, 0) is 48.6 Å². The molecule has 0 aliphatic carbocycles. The van der Waals surface area contributed by atoms with Crippen LogP contribution in [0, 0.1) is 0 Å². The molecule has 164 valence electrons. The average Bonchev–Trinajstić information content (AvgIpc) is 3.39. The minimum Gasteiger partial charge on any atom is -0.471 e. The second-order valence-corrected chi connectivity index (χ2v) is 8.81. The Morgan fingerprint density at radius 1 is 1.03 bits per heavy atom. The van der Waals surface area contributed by atoms with Gasteiger partial charge in [0.15, 0.2) is 17.7 Å². The molecule has 0 saturated heterocycles. The van der Waals surface area contributed by atoms with Crippen molar-refractivity contribution in [2.24, 2.45) is 0 Å². The van der Waals surface area contributed by atoms with Gasteiger partial charge in [0.25, 0.3) is 0 Å². The van der Waals surface area contributed by atoms with E-state index in [2.05, 4.69) is 36.8 Å². The van der Waals surface area contributed by atoms with Crippen molar-refractivity contribution < 1.29 is 4.74 Å². The molecule has 2 N–H and O–H groups in total. The molecule has 11 heteroatoms. The molecule has 4 rings (SSSR count). The molecule has 4 aromatic rings. The number of rotatable bonds is 7. The summed E-state index contributed by atoms with van der Waals surface area (Å²) in [6.07, 6.45) is 5.28. The first-order valence-electron chi connectivity index (χ1n) is 9.41. The Morgan fingerprint density at radius 3 is 2.53 bits per heavy atom. The number of anilines is 2. The summed E-state index contributed by atoms with van der Waals surface area (Å²) in [6.45, 7) is 0.726. The van der Waals surface area contributed by atoms with Crippen LogP contribution in [-0.4, -0.2) is 24.7 Å². The number of hydrogen-bond acceptors (Lipinski definition) is 4. The highest BCUT2D eigenvalue weighted by atomic mass is 79.9. The number of halogens is 3. The number of nitrogens with zero attached hydrogens (tertiary/aromatic N) is 4. The summed E-state index contributed by atoms with van der Waals surface area (Å²) in [7, 11) is 0. The first-order chi connectivity index (χ1) is 15.5. The lowest BCUT2D eigenvalue weighted by Crippen LogP contribution is -2.19. The van der Waals surface area contributed by atoms with Crippen LogP contribution in [0.25, 0.3) is 0 Å². The zero-order valence-electron chi connectivity index (χ0n) is 16.5. The van der Waals surface area contributed by atoms with Gasteiger partial charge in [-0.15, -0.1) is 0 Å². The number of aromatic nitrogens is 4. The maximum atomic E-state index is 6.24. The van der Waals surface area contributed by atoms with Gasteiger partial charge in [-0.1, -0.05) is 45.2 Å². The highest BCUT2D eigenvalue weighted by Crippen LogP contribution is 2.25. The van der Waals surface area contributed by atoms with Gasteiger partial charge in [-0.3, -0.25) is 4.68 Å². The topological polar surface area (TPSA) is 68.9 Å². The molecular formula is C21H17BrCl2N6OS. The third-order valence-electron chi connectivity index (χ3n) is 4.33. The van der Waals surface area contributed by atoms with E-state index in [4.69, 9.17) is 40.2 Å². The van der Waals surface area contributed by atoms with Gasteiger partial charge in [0.1, 0.15) is 5.75 Å². The first-order valence-corrected chi connectivity index (χ1v) is 11.4. The Kier molecular flexibility index (Phi) is 7.31. The van der Waals surface area contributed by atoms with Crippen LogP contribution >= 0.6 is 51.3 Å². The van der Waals surface area contributed by atoms with E-state index in [0.717, 1.165) is 21.5 Å². The maximum absolute atomic E-state index is 6.24. The Bertz CT molecular complexity index is 1210. The van der Waals surface area contributed by atoms with Crippen LogP contribution < -0.4 is 15.4 Å². The monoisotopic (exact) mass is 550 g/mol. The van der Waals surface area contributed by atoms with Gasteiger partial charge in [0, 0.05) is 32.3 Å². The number of ether oxygens (including phenoxy) is 1. The smallest absolute Gasteiger partial charge is 0.180 e. The second kappa shape index (κ2) is 10.4. The minimum atomic E-state index is 0.276. The van der Waals surface area contributed by atoms with Crippen molar-refractivity contribution in [3.8, 4) is 5.75 Å². The van der Waals surface area contributed by atoms with Crippen LogP contribution in [0.5, 0.6) is 5.75 Å². The average molecular weight is 552 g/mol. The molecule has 0 bridgehead atoms. The highest BCUT2D eigenvalue weighted by Gasteiger charge is 2.09. The number of thiocarbonyl (C=S) groups is 1. The van der Waals surface area contributed by atoms with Crippen LogP contribution in [0.2, 0.25) is 10.0 Å². The third-order valence-corrected chi connectivity index (χ3v) is 5.77. The van der Waals surface area contributed by atoms with Gasteiger partial charge in [-0.25, -0.2) is 4.68 Å². The van der Waals surface area contributed by atoms with Crippen molar-refractivity contribution in [2.75, 3.05) is 10.6 Å². The van der Waals surface area contributed by atoms with Crippen molar-refractivity contribution in [2.45, 2.75) is 13.3 Å². The molecule has 0 aliphatic heterocycles. The molecule has 32 heavy (non-hydrogen) atoms. The molecule has 0 fully saturated rings. The molecule has 2 aromatic carbocycles. The van der Waals surface area contributed by atoms with Gasteiger partial charge in [-0.2, -0.15) is 10.2 Å². The summed E-state index contributed by atoms with van der Waals surface area (Å²) in [5, 5.41) is 16.4. The number of nitrogens with one attached hydrogen (secondary N) is 2. The molecular weight excluding hydrogens is 535 g/mol. The van der Waals surface area contributed by atoms with E-state index in [1.165, 1.54) is 0 Å². The van der Waals surface area contributed by atoms with Crippen LogP contribution in [0.1, 0.15) is 5.56 Å². The van der Waals surface area contributed by atoms with Crippen molar-refractivity contribution in [3.05, 3.63) is 87.2 Å². The van der Waals surface area contributed by atoms with Gasteiger partial charge in [0.05, 0.1) is 24.6 Å². The fourth-order valence-electron chi connectivity index (χ4n) is 2.81. The summed E-state index contributed by atoms with van der Waals surface area (Å²) in [5.41, 5.74) is 1.54. The summed E-state index contributed by atoms with van der Waals surface area (Å²) in [4.78, 5) is 0. The minimum absolute atomic E-state index is 0.276. The standard InChI is InChI=1S/C21H17BrCl2N6OS/c22-14-4-6-16(7-5-14)31-13-30-11-15(10-25-30)26-21(32)27-20-8-9-29(28-20)12-17-18(23)2-1-3-19(17)24/h1-11H,12-13H2,(H2,26,27,28,32). The van der Waals surface area contributed by atoms with E-state index in [-0.39, 0.29) is 6.73 Å². The first kappa shape index (κ1) is 22.6. The second-order valence-electron chi connectivity index (χ2n) is 6.67. The molecule has 0 saturated carbocycles. The van der Waals surface area contributed by atoms with Gasteiger partial charge >= 0.3 is 0 Å². The Balaban J connectivity index is 1.29. The van der Waals surface area contributed by atoms with Crippen LogP contribution in [0.4, 0.5) is 11.5 Å². The normalized spacial score (nSPS) is 10.7. The predicted molar refractivity (Wildman–Crippen MR) is 135 cm³/mol. The summed E-state index contributed by atoms with van der Waals surface area (Å²) >= 11 is 21.2. The zero-order valence-corrected chi connectivity index (χ0v) is 20.4. The quantitative estimate of drug-likeness (QED) is 0.273. The van der Waals surface area contributed by atoms with Crippen molar-refractivity contribution in [1.82, 2.24) is 19.6 Å². The third kappa shape index (κ3) is 6.01. The van der Waals surface area contributed by atoms with Gasteiger partial charge in [0.2, 0.25) is 0 Å². The predicted octanol–water partition coefficient (Wildman–Crippen LogP) is 6.04. The lowest BCUT2D eigenvalue weighted by atomic mass is 10.2. The summed E-state index contributed by atoms with van der Waals surface area (Å²) < 4.78 is 10.1.